The highest BCUT2D eigenvalue weighted by atomic mass is 16.5. The lowest BCUT2D eigenvalue weighted by molar-refractivity contribution is -0.117. The van der Waals surface area contributed by atoms with Gasteiger partial charge in [-0.1, -0.05) is 6.58 Å². The van der Waals surface area contributed by atoms with Crippen LogP contribution in [0.1, 0.15) is 13.3 Å². The zero-order valence-corrected chi connectivity index (χ0v) is 7.12. The van der Waals surface area contributed by atoms with E-state index >= 15 is 0 Å². The second-order valence-corrected chi connectivity index (χ2v) is 2.45. The highest BCUT2D eigenvalue weighted by molar-refractivity contribution is 5.90. The van der Waals surface area contributed by atoms with Gasteiger partial charge in [0.15, 0.2) is 11.5 Å². The predicted octanol–water partition coefficient (Wildman–Crippen LogP) is -0.151. The van der Waals surface area contributed by atoms with Gasteiger partial charge in [0.25, 0.3) is 0 Å². The van der Waals surface area contributed by atoms with Gasteiger partial charge < -0.3 is 14.9 Å². The van der Waals surface area contributed by atoms with Gasteiger partial charge >= 0.3 is 0 Å². The Kier molecular flexibility index (Phi) is 5.32. The molecule has 0 aliphatic rings. The van der Waals surface area contributed by atoms with Crippen LogP contribution < -0.4 is 0 Å². The van der Waals surface area contributed by atoms with E-state index in [9.17, 15) is 4.79 Å². The molecule has 2 N–H and O–H groups in total. The van der Waals surface area contributed by atoms with E-state index in [1.165, 1.54) is 6.92 Å². The Labute approximate surface area is 71.5 Å². The van der Waals surface area contributed by atoms with Crippen molar-refractivity contribution >= 4 is 5.78 Å². The lowest BCUT2D eigenvalue weighted by Gasteiger charge is -2.08. The zero-order valence-electron chi connectivity index (χ0n) is 7.12. The first kappa shape index (κ1) is 11.1. The fourth-order valence-electron chi connectivity index (χ4n) is 0.511. The van der Waals surface area contributed by atoms with Crippen LogP contribution in [0.4, 0.5) is 0 Å². The van der Waals surface area contributed by atoms with Gasteiger partial charge in [-0.3, -0.25) is 4.79 Å². The third-order valence-corrected chi connectivity index (χ3v) is 1.33. The van der Waals surface area contributed by atoms with Crippen molar-refractivity contribution in [2.24, 2.45) is 0 Å². The van der Waals surface area contributed by atoms with Crippen LogP contribution in [0.3, 0.4) is 0 Å². The molecule has 0 rings (SSSR count). The molecule has 0 aliphatic heterocycles. The second kappa shape index (κ2) is 5.74. The highest BCUT2D eigenvalue weighted by Crippen LogP contribution is 1.98. The molecular formula is C8H14O4. The van der Waals surface area contributed by atoms with Gasteiger partial charge in [0, 0.05) is 13.3 Å². The summed E-state index contributed by atoms with van der Waals surface area (Å²) in [7, 11) is 0. The fraction of sp³-hybridized carbons (Fsp3) is 0.625. The topological polar surface area (TPSA) is 66.8 Å². The van der Waals surface area contributed by atoms with E-state index in [1.807, 2.05) is 0 Å². The first-order valence-electron chi connectivity index (χ1n) is 3.69. The van der Waals surface area contributed by atoms with Crippen LogP contribution >= 0.6 is 0 Å². The Bertz CT molecular complexity index is 164. The number of hydrogen-bond acceptors (Lipinski definition) is 4. The van der Waals surface area contributed by atoms with E-state index in [2.05, 4.69) is 6.58 Å². The lowest BCUT2D eigenvalue weighted by Crippen LogP contribution is -2.15. The number of Topliss-reactive ketones (excluding diaryl/α,β-unsaturated/α-hetero) is 1. The quantitative estimate of drug-likeness (QED) is 0.434. The maximum Gasteiger partial charge on any atom is 0.193 e. The van der Waals surface area contributed by atoms with Crippen molar-refractivity contribution in [2.75, 3.05) is 13.2 Å². The first-order valence-corrected chi connectivity index (χ1v) is 3.69. The van der Waals surface area contributed by atoms with Crippen LogP contribution in [0.2, 0.25) is 0 Å². The molecule has 1 atom stereocenters. The molecule has 0 spiro atoms. The van der Waals surface area contributed by atoms with Crippen LogP contribution in [0.25, 0.3) is 0 Å². The van der Waals surface area contributed by atoms with Crippen molar-refractivity contribution in [1.29, 1.82) is 0 Å². The zero-order chi connectivity index (χ0) is 9.56. The summed E-state index contributed by atoms with van der Waals surface area (Å²) >= 11 is 0. The molecule has 0 aromatic carbocycles. The van der Waals surface area contributed by atoms with E-state index in [0.29, 0.717) is 6.42 Å². The number of carbonyl (C=O) groups is 1. The summed E-state index contributed by atoms with van der Waals surface area (Å²) in [6.07, 6.45) is -0.493. The van der Waals surface area contributed by atoms with Crippen LogP contribution in [0.15, 0.2) is 12.3 Å². The summed E-state index contributed by atoms with van der Waals surface area (Å²) < 4.78 is 4.86. The molecule has 0 radical (unpaired) electrons. The number of allylic oxidation sites excluding steroid dienone is 1. The molecule has 0 amide bonds. The minimum absolute atomic E-state index is 0.0835. The number of ether oxygens (including phenoxy) is 1. The van der Waals surface area contributed by atoms with E-state index in [1.54, 1.807) is 0 Å². The van der Waals surface area contributed by atoms with E-state index in [-0.39, 0.29) is 24.8 Å². The Balaban J connectivity index is 3.44. The Hall–Kier alpha value is -0.870. The summed E-state index contributed by atoms with van der Waals surface area (Å²) in [5, 5.41) is 17.3. The van der Waals surface area contributed by atoms with Crippen molar-refractivity contribution in [2.45, 2.75) is 19.4 Å². The predicted molar refractivity (Wildman–Crippen MR) is 43.5 cm³/mol. The minimum Gasteiger partial charge on any atom is -0.490 e. The van der Waals surface area contributed by atoms with Gasteiger partial charge in [-0.15, -0.1) is 0 Å². The molecule has 12 heavy (non-hydrogen) atoms. The maximum atomic E-state index is 10.6. The number of aliphatic hydroxyl groups is 2. The largest absolute Gasteiger partial charge is 0.490 e. The summed E-state index contributed by atoms with van der Waals surface area (Å²) in [5.41, 5.74) is 0. The van der Waals surface area contributed by atoms with Crippen molar-refractivity contribution in [3.05, 3.63) is 12.3 Å². The molecule has 0 bridgehead atoms. The Morgan fingerprint density at radius 3 is 2.67 bits per heavy atom. The molecule has 0 aromatic heterocycles. The molecule has 4 heteroatoms. The molecule has 4 nitrogen and oxygen atoms in total. The molecule has 0 saturated heterocycles. The summed E-state index contributed by atoms with van der Waals surface area (Å²) in [5.74, 6) is -0.145. The van der Waals surface area contributed by atoms with Gasteiger partial charge in [0.1, 0.15) is 0 Å². The summed E-state index contributed by atoms with van der Waals surface area (Å²) in [6.45, 7) is 4.61. The average Bonchev–Trinajstić information content (AvgIpc) is 2.03. The first-order chi connectivity index (χ1) is 5.57. The molecule has 1 unspecified atom stereocenters. The number of aliphatic hydroxyl groups excluding tert-OH is 2. The van der Waals surface area contributed by atoms with Gasteiger partial charge in [-0.25, -0.2) is 0 Å². The smallest absolute Gasteiger partial charge is 0.193 e. The molecule has 0 aromatic rings. The molecule has 0 saturated carbocycles. The fourth-order valence-corrected chi connectivity index (χ4v) is 0.511. The monoisotopic (exact) mass is 174 g/mol. The number of rotatable bonds is 6. The Morgan fingerprint density at radius 1 is 1.67 bits per heavy atom. The standard InChI is InChI=1S/C8H14O4/c1-6(10)7(2)12-4-3-8(11)5-9/h8-9,11H,2-5H2,1H3. The molecular weight excluding hydrogens is 160 g/mol. The van der Waals surface area contributed by atoms with Gasteiger partial charge in [-0.05, 0) is 0 Å². The number of ketones is 1. The van der Waals surface area contributed by atoms with Crippen molar-refractivity contribution in [3.63, 3.8) is 0 Å². The van der Waals surface area contributed by atoms with Gasteiger partial charge in [-0.2, -0.15) is 0 Å². The summed E-state index contributed by atoms with van der Waals surface area (Å²) in [6, 6.07) is 0. The Morgan fingerprint density at radius 2 is 2.25 bits per heavy atom. The molecule has 0 aliphatic carbocycles. The van der Waals surface area contributed by atoms with E-state index < -0.39 is 6.10 Å². The number of hydrogen-bond donors (Lipinski definition) is 2. The minimum atomic E-state index is -0.787. The van der Waals surface area contributed by atoms with Crippen molar-refractivity contribution in [3.8, 4) is 0 Å². The van der Waals surface area contributed by atoms with Gasteiger partial charge in [0.05, 0.1) is 19.3 Å². The normalized spacial score (nSPS) is 12.2. The third kappa shape index (κ3) is 4.87. The van der Waals surface area contributed by atoms with Crippen LogP contribution in [0.5, 0.6) is 0 Å². The van der Waals surface area contributed by atoms with Gasteiger partial charge in [0.2, 0.25) is 0 Å². The SMILES string of the molecule is C=C(OCCC(O)CO)C(C)=O. The molecule has 0 fully saturated rings. The third-order valence-electron chi connectivity index (χ3n) is 1.33. The second-order valence-electron chi connectivity index (χ2n) is 2.45. The molecule has 70 valence electrons. The van der Waals surface area contributed by atoms with E-state index in [0.717, 1.165) is 0 Å². The van der Waals surface area contributed by atoms with Crippen LogP contribution in [0, 0.1) is 0 Å². The van der Waals surface area contributed by atoms with Crippen LogP contribution in [-0.4, -0.2) is 35.3 Å². The summed E-state index contributed by atoms with van der Waals surface area (Å²) in [4.78, 5) is 10.6. The maximum absolute atomic E-state index is 10.6. The van der Waals surface area contributed by atoms with Crippen molar-refractivity contribution < 1.29 is 19.7 Å². The van der Waals surface area contributed by atoms with Crippen molar-refractivity contribution in [1.82, 2.24) is 0 Å². The highest BCUT2D eigenvalue weighted by Gasteiger charge is 2.04. The number of carbonyl (C=O) groups excluding carboxylic acids is 1. The van der Waals surface area contributed by atoms with E-state index in [4.69, 9.17) is 14.9 Å². The average molecular weight is 174 g/mol. The molecule has 0 heterocycles. The lowest BCUT2D eigenvalue weighted by atomic mass is 10.3. The van der Waals surface area contributed by atoms with Crippen LogP contribution in [-0.2, 0) is 9.53 Å².